The first-order chi connectivity index (χ1) is 10.7. The molecule has 0 radical (unpaired) electrons. The average molecular weight is 308 g/mol. The zero-order valence-electron chi connectivity index (χ0n) is 12.7. The van der Waals surface area contributed by atoms with Crippen molar-refractivity contribution in [2.24, 2.45) is 0 Å². The quantitative estimate of drug-likeness (QED) is 0.805. The number of thiazole rings is 1. The second-order valence-electron chi connectivity index (χ2n) is 5.53. The number of nitriles is 1. The van der Waals surface area contributed by atoms with Gasteiger partial charge in [0.25, 0.3) is 0 Å². The molecule has 3 nitrogen and oxygen atoms in total. The highest BCUT2D eigenvalue weighted by molar-refractivity contribution is 7.18. The lowest BCUT2D eigenvalue weighted by Gasteiger charge is -2.20. The molecule has 2 aromatic carbocycles. The molecular weight excluding hydrogens is 290 g/mol. The molecule has 22 heavy (non-hydrogen) atoms. The number of nitrogens with one attached hydrogen (secondary N) is 1. The Morgan fingerprint density at radius 1 is 1.18 bits per heavy atom. The monoisotopic (exact) mass is 308 g/mol. The van der Waals surface area contributed by atoms with Crippen molar-refractivity contribution in [3.63, 3.8) is 0 Å². The maximum Gasteiger partial charge on any atom is 0.151 e. The van der Waals surface area contributed by atoms with E-state index in [-0.39, 0.29) is 0 Å². The highest BCUT2D eigenvalue weighted by Gasteiger charge is 2.20. The van der Waals surface area contributed by atoms with Crippen molar-refractivity contribution in [2.45, 2.75) is 19.5 Å². The maximum atomic E-state index is 9.21. The highest BCUT2D eigenvalue weighted by atomic mass is 32.1. The smallest absolute Gasteiger partial charge is 0.151 e. The molecule has 4 heteroatoms. The first-order valence-corrected chi connectivity index (χ1v) is 8.16. The predicted octanol–water partition coefficient (Wildman–Crippen LogP) is 2.94. The lowest BCUT2D eigenvalue weighted by Crippen LogP contribution is -3.07. The number of benzene rings is 2. The molecule has 0 fully saturated rings. The summed E-state index contributed by atoms with van der Waals surface area (Å²) in [4.78, 5) is 6.09. The van der Waals surface area contributed by atoms with Crippen LogP contribution in [-0.2, 0) is 6.54 Å². The van der Waals surface area contributed by atoms with E-state index in [1.54, 1.807) is 11.3 Å². The van der Waals surface area contributed by atoms with Crippen LogP contribution >= 0.6 is 11.3 Å². The van der Waals surface area contributed by atoms with Gasteiger partial charge < -0.3 is 4.90 Å². The van der Waals surface area contributed by atoms with Gasteiger partial charge in [-0.25, -0.2) is 4.98 Å². The molecule has 0 aliphatic rings. The van der Waals surface area contributed by atoms with Crippen LogP contribution in [0.25, 0.3) is 10.2 Å². The molecule has 1 N–H and O–H groups in total. The number of para-hydroxylation sites is 1. The first-order valence-electron chi connectivity index (χ1n) is 7.35. The van der Waals surface area contributed by atoms with Gasteiger partial charge in [0.1, 0.15) is 12.6 Å². The SMILES string of the molecule is C[C@@H](c1nc2ccccc2s1)[NH+](C)Cc1ccccc1C#N. The predicted molar refractivity (Wildman–Crippen MR) is 89.8 cm³/mol. The van der Waals surface area contributed by atoms with Crippen molar-refractivity contribution in [3.8, 4) is 6.07 Å². The minimum atomic E-state index is 0.296. The molecule has 0 aliphatic heterocycles. The third kappa shape index (κ3) is 2.87. The summed E-state index contributed by atoms with van der Waals surface area (Å²) in [7, 11) is 2.16. The normalized spacial score (nSPS) is 13.7. The van der Waals surface area contributed by atoms with Crippen molar-refractivity contribution < 1.29 is 4.90 Å². The van der Waals surface area contributed by atoms with Gasteiger partial charge in [-0.15, -0.1) is 11.3 Å². The van der Waals surface area contributed by atoms with E-state index in [0.29, 0.717) is 6.04 Å². The zero-order valence-corrected chi connectivity index (χ0v) is 13.5. The van der Waals surface area contributed by atoms with E-state index >= 15 is 0 Å². The summed E-state index contributed by atoms with van der Waals surface area (Å²) in [6.07, 6.45) is 0. The summed E-state index contributed by atoms with van der Waals surface area (Å²) in [6, 6.07) is 18.6. The van der Waals surface area contributed by atoms with E-state index < -0.39 is 0 Å². The van der Waals surface area contributed by atoms with Crippen molar-refractivity contribution in [1.82, 2.24) is 4.98 Å². The number of rotatable bonds is 4. The number of aromatic nitrogens is 1. The molecule has 0 amide bonds. The van der Waals surface area contributed by atoms with E-state index in [0.717, 1.165) is 28.2 Å². The Balaban J connectivity index is 1.82. The summed E-state index contributed by atoms with van der Waals surface area (Å²) in [5.74, 6) is 0. The van der Waals surface area contributed by atoms with Crippen LogP contribution in [0.2, 0.25) is 0 Å². The fraction of sp³-hybridized carbons (Fsp3) is 0.222. The Kier molecular flexibility index (Phi) is 4.19. The molecule has 2 atom stereocenters. The highest BCUT2D eigenvalue weighted by Crippen LogP contribution is 2.24. The fourth-order valence-electron chi connectivity index (χ4n) is 2.52. The van der Waals surface area contributed by atoms with Crippen LogP contribution in [0.3, 0.4) is 0 Å². The average Bonchev–Trinajstić information content (AvgIpc) is 2.98. The molecule has 0 aliphatic carbocycles. The van der Waals surface area contributed by atoms with Gasteiger partial charge in [-0.1, -0.05) is 30.3 Å². The van der Waals surface area contributed by atoms with Gasteiger partial charge in [0.05, 0.1) is 28.9 Å². The number of hydrogen-bond donors (Lipinski definition) is 1. The molecule has 0 saturated heterocycles. The Morgan fingerprint density at radius 3 is 2.68 bits per heavy atom. The van der Waals surface area contributed by atoms with Gasteiger partial charge in [0, 0.05) is 5.56 Å². The Hall–Kier alpha value is -2.22. The van der Waals surface area contributed by atoms with Gasteiger partial charge in [-0.2, -0.15) is 5.26 Å². The molecular formula is C18H18N3S+. The van der Waals surface area contributed by atoms with Crippen molar-refractivity contribution in [3.05, 3.63) is 64.7 Å². The Morgan fingerprint density at radius 2 is 1.91 bits per heavy atom. The molecule has 110 valence electrons. The second-order valence-corrected chi connectivity index (χ2v) is 6.60. The van der Waals surface area contributed by atoms with E-state index in [2.05, 4.69) is 38.2 Å². The first kappa shape index (κ1) is 14.7. The number of quaternary nitrogens is 1. The van der Waals surface area contributed by atoms with Crippen molar-refractivity contribution >= 4 is 21.6 Å². The van der Waals surface area contributed by atoms with Gasteiger partial charge in [0.2, 0.25) is 0 Å². The van der Waals surface area contributed by atoms with Gasteiger partial charge in [-0.05, 0) is 25.1 Å². The lowest BCUT2D eigenvalue weighted by molar-refractivity contribution is -0.923. The van der Waals surface area contributed by atoms with Gasteiger partial charge in [0.15, 0.2) is 5.01 Å². The third-order valence-corrected chi connectivity index (χ3v) is 5.25. The summed E-state index contributed by atoms with van der Waals surface area (Å²) < 4.78 is 1.23. The standard InChI is InChI=1S/C18H17N3S/c1-13(18-20-16-9-5-6-10-17(16)22-18)21(2)12-15-8-4-3-7-14(15)11-19/h3-10,13H,12H2,1-2H3/p+1/t13-/m0/s1. The van der Waals surface area contributed by atoms with Crippen LogP contribution in [0.4, 0.5) is 0 Å². The molecule has 0 spiro atoms. The van der Waals surface area contributed by atoms with E-state index in [4.69, 9.17) is 4.98 Å². The Labute approximate surface area is 134 Å². The van der Waals surface area contributed by atoms with E-state index in [1.165, 1.54) is 9.60 Å². The number of hydrogen-bond acceptors (Lipinski definition) is 3. The Bertz CT molecular complexity index is 798. The van der Waals surface area contributed by atoms with Gasteiger partial charge >= 0.3 is 0 Å². The molecule has 0 bridgehead atoms. The van der Waals surface area contributed by atoms with Crippen LogP contribution < -0.4 is 4.90 Å². The summed E-state index contributed by atoms with van der Waals surface area (Å²) in [5, 5.41) is 10.4. The molecule has 0 saturated carbocycles. The largest absolute Gasteiger partial charge is 0.326 e. The minimum Gasteiger partial charge on any atom is -0.326 e. The molecule has 1 unspecified atom stereocenters. The van der Waals surface area contributed by atoms with Crippen LogP contribution in [-0.4, -0.2) is 12.0 Å². The summed E-state index contributed by atoms with van der Waals surface area (Å²) in [5.41, 5.74) is 2.92. The topological polar surface area (TPSA) is 41.1 Å². The van der Waals surface area contributed by atoms with Crippen LogP contribution in [0, 0.1) is 11.3 Å². The number of fused-ring (bicyclic) bond motifs is 1. The lowest BCUT2D eigenvalue weighted by atomic mass is 10.1. The van der Waals surface area contributed by atoms with Crippen molar-refractivity contribution in [2.75, 3.05) is 7.05 Å². The van der Waals surface area contributed by atoms with Crippen molar-refractivity contribution in [1.29, 1.82) is 5.26 Å². The zero-order chi connectivity index (χ0) is 15.5. The second kappa shape index (κ2) is 6.27. The molecule has 3 aromatic rings. The number of nitrogens with zero attached hydrogens (tertiary/aromatic N) is 2. The third-order valence-electron chi connectivity index (χ3n) is 4.03. The van der Waals surface area contributed by atoms with E-state index in [1.807, 2.05) is 30.3 Å². The van der Waals surface area contributed by atoms with E-state index in [9.17, 15) is 5.26 Å². The van der Waals surface area contributed by atoms with Crippen LogP contribution in [0.5, 0.6) is 0 Å². The summed E-state index contributed by atoms with van der Waals surface area (Å²) in [6.45, 7) is 3.02. The summed E-state index contributed by atoms with van der Waals surface area (Å²) >= 11 is 1.76. The molecule has 1 aromatic heterocycles. The molecule has 3 rings (SSSR count). The maximum absolute atomic E-state index is 9.21. The fourth-order valence-corrected chi connectivity index (χ4v) is 3.64. The minimum absolute atomic E-state index is 0.296. The van der Waals surface area contributed by atoms with Crippen LogP contribution in [0.15, 0.2) is 48.5 Å². The molecule has 1 heterocycles. The van der Waals surface area contributed by atoms with Crippen LogP contribution in [0.1, 0.15) is 29.1 Å². The van der Waals surface area contributed by atoms with Gasteiger partial charge in [-0.3, -0.25) is 0 Å².